The van der Waals surface area contributed by atoms with E-state index >= 15 is 0 Å². The lowest BCUT2D eigenvalue weighted by Gasteiger charge is -2.22. The molecule has 1 aromatic heterocycles. The summed E-state index contributed by atoms with van der Waals surface area (Å²) in [6.07, 6.45) is 4.53. The maximum absolute atomic E-state index is 14.8. The molecule has 2 fully saturated rings. The molecule has 0 spiro atoms. The second-order valence-corrected chi connectivity index (χ2v) is 9.78. The zero-order valence-corrected chi connectivity index (χ0v) is 19.9. The molecule has 7 heteroatoms. The predicted octanol–water partition coefficient (Wildman–Crippen LogP) is 5.41. The minimum atomic E-state index is -0.272. The largest absolute Gasteiger partial charge is 0.487 e. The number of aromatic nitrogens is 1. The summed E-state index contributed by atoms with van der Waals surface area (Å²) in [5, 5.41) is 0.644. The van der Waals surface area contributed by atoms with Gasteiger partial charge in [-0.15, -0.1) is 0 Å². The van der Waals surface area contributed by atoms with E-state index in [1.807, 2.05) is 12.1 Å². The zero-order valence-electron chi connectivity index (χ0n) is 19.2. The average Bonchev–Trinajstić information content (AvgIpc) is 3.12. The first kappa shape index (κ1) is 23.1. The lowest BCUT2D eigenvalue weighted by molar-refractivity contribution is 0.165. The summed E-state index contributed by atoms with van der Waals surface area (Å²) in [7, 11) is 1.60. The number of benzene rings is 1. The number of likely N-dealkylation sites (tertiary alicyclic amines) is 1. The van der Waals surface area contributed by atoms with Gasteiger partial charge < -0.3 is 14.4 Å². The minimum absolute atomic E-state index is 0.00962. The Labute approximate surface area is 195 Å². The molecular formula is C25H33ClFN3O2. The van der Waals surface area contributed by atoms with Crippen LogP contribution in [-0.2, 0) is 6.54 Å². The van der Waals surface area contributed by atoms with Crippen molar-refractivity contribution in [1.29, 1.82) is 0 Å². The van der Waals surface area contributed by atoms with Gasteiger partial charge in [-0.1, -0.05) is 25.4 Å². The third-order valence-corrected chi connectivity index (χ3v) is 6.85. The Morgan fingerprint density at radius 3 is 2.69 bits per heavy atom. The Bertz CT molecular complexity index is 928. The number of halogens is 2. The van der Waals surface area contributed by atoms with Crippen molar-refractivity contribution in [3.05, 3.63) is 46.9 Å². The van der Waals surface area contributed by atoms with Gasteiger partial charge in [0.2, 0.25) is 5.88 Å². The maximum Gasteiger partial charge on any atom is 0.213 e. The molecule has 2 aliphatic heterocycles. The van der Waals surface area contributed by atoms with E-state index in [4.69, 9.17) is 21.1 Å². The Morgan fingerprint density at radius 2 is 1.97 bits per heavy atom. The number of ether oxygens (including phenoxy) is 2. The third-order valence-electron chi connectivity index (χ3n) is 6.51. The van der Waals surface area contributed by atoms with Crippen LogP contribution in [0.1, 0.15) is 38.7 Å². The maximum atomic E-state index is 14.8. The molecule has 1 aromatic carbocycles. The Morgan fingerprint density at radius 1 is 1.12 bits per heavy atom. The van der Waals surface area contributed by atoms with Crippen LogP contribution in [-0.4, -0.2) is 49.3 Å². The van der Waals surface area contributed by atoms with E-state index in [9.17, 15) is 4.39 Å². The van der Waals surface area contributed by atoms with Crippen LogP contribution < -0.4 is 14.4 Å². The number of anilines is 1. The SMILES string of the molecule is COc1cc(CN2CCC(Oc3ccc(N4CC[C@@H](C)C4)cc3F)CC(C)C2)c(Cl)cn1. The van der Waals surface area contributed by atoms with Gasteiger partial charge in [0.05, 0.1) is 12.1 Å². The number of hydrogen-bond donors (Lipinski definition) is 0. The molecule has 3 heterocycles. The zero-order chi connectivity index (χ0) is 22.7. The molecule has 32 heavy (non-hydrogen) atoms. The van der Waals surface area contributed by atoms with Crippen molar-refractivity contribution in [3.63, 3.8) is 0 Å². The Kier molecular flexibility index (Phi) is 7.41. The molecule has 0 N–H and O–H groups in total. The van der Waals surface area contributed by atoms with Crippen molar-refractivity contribution >= 4 is 17.3 Å². The molecular weight excluding hydrogens is 429 g/mol. The van der Waals surface area contributed by atoms with Crippen LogP contribution in [0.25, 0.3) is 0 Å². The van der Waals surface area contributed by atoms with Gasteiger partial charge in [-0.3, -0.25) is 4.90 Å². The second-order valence-electron chi connectivity index (χ2n) is 9.38. The fourth-order valence-electron chi connectivity index (χ4n) is 4.81. The smallest absolute Gasteiger partial charge is 0.213 e. The van der Waals surface area contributed by atoms with Gasteiger partial charge >= 0.3 is 0 Å². The monoisotopic (exact) mass is 461 g/mol. The second kappa shape index (κ2) is 10.3. The Hall–Kier alpha value is -2.05. The number of rotatable bonds is 6. The molecule has 2 aliphatic rings. The van der Waals surface area contributed by atoms with Gasteiger partial charge in [0, 0.05) is 56.7 Å². The number of methoxy groups -OCH3 is 1. The van der Waals surface area contributed by atoms with Crippen LogP contribution in [0.5, 0.6) is 11.6 Å². The molecule has 3 atom stereocenters. The van der Waals surface area contributed by atoms with Crippen molar-refractivity contribution in [2.45, 2.75) is 45.8 Å². The first-order valence-electron chi connectivity index (χ1n) is 11.5. The number of hydrogen-bond acceptors (Lipinski definition) is 5. The fraction of sp³-hybridized carbons (Fsp3) is 0.560. The van der Waals surface area contributed by atoms with Crippen LogP contribution in [0.3, 0.4) is 0 Å². The lowest BCUT2D eigenvalue weighted by atomic mass is 10.0. The lowest BCUT2D eigenvalue weighted by Crippen LogP contribution is -2.27. The number of pyridine rings is 1. The molecule has 5 nitrogen and oxygen atoms in total. The van der Waals surface area contributed by atoms with Gasteiger partial charge in [-0.05, 0) is 48.8 Å². The van der Waals surface area contributed by atoms with Crippen LogP contribution in [0.15, 0.2) is 30.5 Å². The molecule has 0 bridgehead atoms. The highest BCUT2D eigenvalue weighted by Crippen LogP contribution is 2.30. The summed E-state index contributed by atoms with van der Waals surface area (Å²) >= 11 is 6.36. The summed E-state index contributed by atoms with van der Waals surface area (Å²) in [5.41, 5.74) is 1.95. The summed E-state index contributed by atoms with van der Waals surface area (Å²) in [5.74, 6) is 1.74. The average molecular weight is 462 g/mol. The highest BCUT2D eigenvalue weighted by molar-refractivity contribution is 6.31. The Balaban J connectivity index is 1.38. The van der Waals surface area contributed by atoms with Gasteiger partial charge in [0.25, 0.3) is 0 Å². The van der Waals surface area contributed by atoms with Crippen LogP contribution in [0, 0.1) is 17.7 Å². The molecule has 2 saturated heterocycles. The van der Waals surface area contributed by atoms with Gasteiger partial charge in [0.15, 0.2) is 11.6 Å². The third kappa shape index (κ3) is 5.65. The quantitative estimate of drug-likeness (QED) is 0.575. The van der Waals surface area contributed by atoms with Gasteiger partial charge in [-0.2, -0.15) is 0 Å². The van der Waals surface area contributed by atoms with Crippen LogP contribution in [0.4, 0.5) is 10.1 Å². The van der Waals surface area contributed by atoms with E-state index in [-0.39, 0.29) is 11.9 Å². The standard InChI is InChI=1S/C25H33ClFN3O2/c1-17-6-9-30(15-17)20-4-5-24(23(27)12-20)32-21-7-8-29(14-18(2)10-21)16-19-11-25(31-3)28-13-22(19)26/h4-5,11-13,17-18,21H,6-10,14-16H2,1-3H3/t17-,18?,21?/m1/s1. The molecule has 0 aliphatic carbocycles. The molecule has 4 rings (SSSR count). The van der Waals surface area contributed by atoms with E-state index in [1.165, 1.54) is 0 Å². The van der Waals surface area contributed by atoms with E-state index in [0.717, 1.165) is 63.2 Å². The molecule has 2 aromatic rings. The predicted molar refractivity (Wildman–Crippen MR) is 126 cm³/mol. The topological polar surface area (TPSA) is 37.8 Å². The fourth-order valence-corrected chi connectivity index (χ4v) is 4.98. The molecule has 0 radical (unpaired) electrons. The van der Waals surface area contributed by atoms with Crippen molar-refractivity contribution in [2.24, 2.45) is 11.8 Å². The van der Waals surface area contributed by atoms with Crippen LogP contribution in [0.2, 0.25) is 5.02 Å². The van der Waals surface area contributed by atoms with Crippen molar-refractivity contribution in [3.8, 4) is 11.6 Å². The van der Waals surface area contributed by atoms with E-state index in [2.05, 4.69) is 28.6 Å². The van der Waals surface area contributed by atoms with E-state index < -0.39 is 0 Å². The normalized spacial score (nSPS) is 24.4. The summed E-state index contributed by atoms with van der Waals surface area (Å²) in [6, 6.07) is 7.30. The summed E-state index contributed by atoms with van der Waals surface area (Å²) in [6.45, 7) is 8.97. The van der Waals surface area contributed by atoms with Gasteiger partial charge in [0.1, 0.15) is 6.10 Å². The van der Waals surface area contributed by atoms with Gasteiger partial charge in [-0.25, -0.2) is 9.37 Å². The minimum Gasteiger partial charge on any atom is -0.487 e. The first-order valence-corrected chi connectivity index (χ1v) is 11.9. The molecule has 0 saturated carbocycles. The van der Waals surface area contributed by atoms with Crippen molar-refractivity contribution in [1.82, 2.24) is 9.88 Å². The van der Waals surface area contributed by atoms with Crippen molar-refractivity contribution < 1.29 is 13.9 Å². The number of nitrogens with zero attached hydrogens (tertiary/aromatic N) is 3. The molecule has 0 amide bonds. The molecule has 174 valence electrons. The van der Waals surface area contributed by atoms with E-state index in [0.29, 0.717) is 28.5 Å². The van der Waals surface area contributed by atoms with E-state index in [1.54, 1.807) is 25.4 Å². The molecule has 2 unspecified atom stereocenters. The summed E-state index contributed by atoms with van der Waals surface area (Å²) in [4.78, 5) is 8.78. The van der Waals surface area contributed by atoms with Crippen LogP contribution >= 0.6 is 11.6 Å². The summed E-state index contributed by atoms with van der Waals surface area (Å²) < 4.78 is 26.2. The highest BCUT2D eigenvalue weighted by Gasteiger charge is 2.25. The first-order chi connectivity index (χ1) is 15.4. The highest BCUT2D eigenvalue weighted by atomic mass is 35.5. The van der Waals surface area contributed by atoms with Crippen molar-refractivity contribution in [2.75, 3.05) is 38.2 Å².